The van der Waals surface area contributed by atoms with Gasteiger partial charge in [-0.15, -0.1) is 0 Å². The minimum atomic E-state index is -4.15. The maximum absolute atomic E-state index is 12.7. The minimum Gasteiger partial charge on any atom is -0.445 e. The molecule has 0 radical (unpaired) electrons. The molecule has 1 aliphatic rings. The molecule has 1 heterocycles. The maximum atomic E-state index is 12.7. The summed E-state index contributed by atoms with van der Waals surface area (Å²) in [6, 6.07) is 8.83. The molecule has 1 fully saturated rings. The second kappa shape index (κ2) is 8.67. The summed E-state index contributed by atoms with van der Waals surface area (Å²) in [4.78, 5) is 26.3. The molecule has 1 aromatic carbocycles. The van der Waals surface area contributed by atoms with Crippen LogP contribution in [0.3, 0.4) is 0 Å². The van der Waals surface area contributed by atoms with Gasteiger partial charge in [0, 0.05) is 18.9 Å². The molecule has 29 heavy (non-hydrogen) atoms. The van der Waals surface area contributed by atoms with E-state index in [4.69, 9.17) is 4.74 Å². The van der Waals surface area contributed by atoms with Crippen molar-refractivity contribution in [2.24, 2.45) is 5.92 Å². The van der Waals surface area contributed by atoms with Gasteiger partial charge in [0.25, 0.3) is 10.1 Å². The molecule has 162 valence electrons. The molecule has 0 aromatic heterocycles. The average Bonchev–Trinajstić information content (AvgIpc) is 2.59. The van der Waals surface area contributed by atoms with Crippen molar-refractivity contribution in [1.29, 1.82) is 0 Å². The monoisotopic (exact) mass is 449 g/mol. The fourth-order valence-electron chi connectivity index (χ4n) is 3.13. The molecule has 0 saturated carbocycles. The fraction of sp³-hybridized carbons (Fsp3) is 0.529. The number of amides is 1. The Morgan fingerprint density at radius 2 is 1.72 bits per heavy atom. The van der Waals surface area contributed by atoms with Crippen LogP contribution in [0.1, 0.15) is 18.9 Å². The second-order valence-corrected chi connectivity index (χ2v) is 10.0. The molecule has 12 heteroatoms. The topological polar surface area (TPSA) is 133 Å². The molecule has 0 aliphatic carbocycles. The summed E-state index contributed by atoms with van der Waals surface area (Å²) >= 11 is 0. The SMILES string of the molecule is C[C@H]1CN(C(=O)OCc2ccccc2)[C@@]1(CCOS(C)(=O)=O)C(=O)OS(C)(=O)=O. The van der Waals surface area contributed by atoms with Crippen molar-refractivity contribution >= 4 is 32.3 Å². The summed E-state index contributed by atoms with van der Waals surface area (Å²) < 4.78 is 59.8. The molecule has 1 amide bonds. The zero-order valence-corrected chi connectivity index (χ0v) is 17.9. The highest BCUT2D eigenvalue weighted by Crippen LogP contribution is 2.41. The Kier molecular flexibility index (Phi) is 6.91. The van der Waals surface area contributed by atoms with E-state index in [0.29, 0.717) is 6.26 Å². The van der Waals surface area contributed by atoms with Crippen molar-refractivity contribution < 1.29 is 39.5 Å². The number of likely N-dealkylation sites (tertiary alicyclic amines) is 1. The lowest BCUT2D eigenvalue weighted by molar-refractivity contribution is -0.165. The summed E-state index contributed by atoms with van der Waals surface area (Å²) in [5.41, 5.74) is -0.999. The fourth-order valence-corrected chi connectivity index (χ4v) is 3.93. The quantitative estimate of drug-likeness (QED) is 0.530. The number of hydrogen-bond donors (Lipinski definition) is 0. The van der Waals surface area contributed by atoms with E-state index in [9.17, 15) is 26.4 Å². The van der Waals surface area contributed by atoms with Gasteiger partial charge in [0.1, 0.15) is 6.61 Å². The van der Waals surface area contributed by atoms with Gasteiger partial charge in [-0.1, -0.05) is 37.3 Å². The Hall–Kier alpha value is -2.18. The van der Waals surface area contributed by atoms with Crippen molar-refractivity contribution in [3.05, 3.63) is 35.9 Å². The largest absolute Gasteiger partial charge is 0.445 e. The highest BCUT2D eigenvalue weighted by molar-refractivity contribution is 7.86. The molecule has 1 aromatic rings. The molecule has 1 saturated heterocycles. The van der Waals surface area contributed by atoms with E-state index in [-0.39, 0.29) is 19.6 Å². The highest BCUT2D eigenvalue weighted by Gasteiger charge is 2.61. The molecule has 2 atom stereocenters. The summed E-state index contributed by atoms with van der Waals surface area (Å²) in [5.74, 6) is -1.70. The first kappa shape index (κ1) is 23.1. The summed E-state index contributed by atoms with van der Waals surface area (Å²) in [5, 5.41) is 0. The van der Waals surface area contributed by atoms with E-state index in [0.717, 1.165) is 16.7 Å². The number of ether oxygens (including phenoxy) is 1. The van der Waals surface area contributed by atoms with Crippen LogP contribution in [0.25, 0.3) is 0 Å². The third kappa shape index (κ3) is 5.90. The van der Waals surface area contributed by atoms with Crippen LogP contribution < -0.4 is 0 Å². The van der Waals surface area contributed by atoms with Crippen LogP contribution in [0.2, 0.25) is 0 Å². The van der Waals surface area contributed by atoms with E-state index >= 15 is 0 Å². The van der Waals surface area contributed by atoms with Gasteiger partial charge >= 0.3 is 22.2 Å². The zero-order chi connectivity index (χ0) is 21.9. The first-order valence-corrected chi connectivity index (χ1v) is 12.2. The van der Waals surface area contributed by atoms with E-state index in [1.54, 1.807) is 37.3 Å². The number of benzene rings is 1. The van der Waals surface area contributed by atoms with Crippen molar-refractivity contribution in [2.75, 3.05) is 25.7 Å². The molecule has 2 rings (SSSR count). The first-order chi connectivity index (χ1) is 13.3. The Bertz CT molecular complexity index is 960. The summed E-state index contributed by atoms with van der Waals surface area (Å²) in [6.45, 7) is 1.22. The number of carbonyl (C=O) groups is 2. The maximum Gasteiger partial charge on any atom is 0.411 e. The van der Waals surface area contributed by atoms with Crippen LogP contribution in [-0.2, 0) is 44.7 Å². The Balaban J connectivity index is 2.21. The highest BCUT2D eigenvalue weighted by atomic mass is 32.2. The lowest BCUT2D eigenvalue weighted by Gasteiger charge is -2.54. The van der Waals surface area contributed by atoms with Gasteiger partial charge in [-0.05, 0) is 5.56 Å². The van der Waals surface area contributed by atoms with Crippen LogP contribution in [0.5, 0.6) is 0 Å². The standard InChI is InChI=1S/C17H23NO9S2/c1-13-11-18(16(20)25-12-14-7-5-4-6-8-14)17(13,9-10-26-28(2,21)22)15(19)27-29(3,23)24/h4-8,13H,9-12H2,1-3H3/t13-,17+/m0/s1. The van der Waals surface area contributed by atoms with Crippen LogP contribution in [-0.4, -0.2) is 65.0 Å². The van der Waals surface area contributed by atoms with Gasteiger partial charge in [-0.2, -0.15) is 16.8 Å². The molecule has 0 bridgehead atoms. The van der Waals surface area contributed by atoms with Gasteiger partial charge in [-0.25, -0.2) is 9.59 Å². The van der Waals surface area contributed by atoms with Gasteiger partial charge < -0.3 is 8.92 Å². The third-order valence-corrected chi connectivity index (χ3v) is 5.59. The summed E-state index contributed by atoms with van der Waals surface area (Å²) in [7, 11) is -7.95. The normalized spacial score (nSPS) is 21.9. The molecule has 0 unspecified atom stereocenters. The van der Waals surface area contributed by atoms with Crippen molar-refractivity contribution in [1.82, 2.24) is 4.90 Å². The smallest absolute Gasteiger partial charge is 0.411 e. The molecular weight excluding hydrogens is 426 g/mol. The van der Waals surface area contributed by atoms with Crippen molar-refractivity contribution in [3.8, 4) is 0 Å². The van der Waals surface area contributed by atoms with Gasteiger partial charge in [0.2, 0.25) is 0 Å². The van der Waals surface area contributed by atoms with Crippen LogP contribution in [0.15, 0.2) is 30.3 Å². The average molecular weight is 450 g/mol. The predicted octanol–water partition coefficient (Wildman–Crippen LogP) is 0.883. The van der Waals surface area contributed by atoms with Crippen LogP contribution >= 0.6 is 0 Å². The predicted molar refractivity (Wildman–Crippen MR) is 102 cm³/mol. The Morgan fingerprint density at radius 1 is 1.10 bits per heavy atom. The molecular formula is C17H23NO9S2. The lowest BCUT2D eigenvalue weighted by Crippen LogP contribution is -2.72. The second-order valence-electron chi connectivity index (χ2n) is 6.83. The number of nitrogens with zero attached hydrogens (tertiary/aromatic N) is 1. The molecule has 1 aliphatic heterocycles. The first-order valence-electron chi connectivity index (χ1n) is 8.62. The van der Waals surface area contributed by atoms with E-state index in [2.05, 4.69) is 8.37 Å². The van der Waals surface area contributed by atoms with Gasteiger partial charge in [-0.3, -0.25) is 9.08 Å². The Morgan fingerprint density at radius 3 is 2.24 bits per heavy atom. The molecule has 0 spiro atoms. The van der Waals surface area contributed by atoms with E-state index in [1.807, 2.05) is 0 Å². The number of hydrogen-bond acceptors (Lipinski definition) is 9. The van der Waals surface area contributed by atoms with Gasteiger partial charge in [0.05, 0.1) is 19.1 Å². The summed E-state index contributed by atoms with van der Waals surface area (Å²) in [6.07, 6.45) is 0.407. The van der Waals surface area contributed by atoms with E-state index < -0.39 is 50.4 Å². The zero-order valence-electron chi connectivity index (χ0n) is 16.2. The Labute approximate surface area is 170 Å². The van der Waals surface area contributed by atoms with Crippen LogP contribution in [0, 0.1) is 5.92 Å². The van der Waals surface area contributed by atoms with Crippen LogP contribution in [0.4, 0.5) is 4.79 Å². The number of carbonyl (C=O) groups excluding carboxylic acids is 2. The number of rotatable bonds is 8. The minimum absolute atomic E-state index is 0.0540. The molecule has 10 nitrogen and oxygen atoms in total. The lowest BCUT2D eigenvalue weighted by atomic mass is 9.73. The molecule has 0 N–H and O–H groups in total. The third-order valence-electron chi connectivity index (χ3n) is 4.54. The van der Waals surface area contributed by atoms with E-state index in [1.165, 1.54) is 0 Å². The van der Waals surface area contributed by atoms with Gasteiger partial charge in [0.15, 0.2) is 5.54 Å². The van der Waals surface area contributed by atoms with Crippen molar-refractivity contribution in [3.63, 3.8) is 0 Å². The van der Waals surface area contributed by atoms with Crippen molar-refractivity contribution in [2.45, 2.75) is 25.5 Å².